The van der Waals surface area contributed by atoms with Gasteiger partial charge in [-0.1, -0.05) is 13.0 Å². The molecule has 1 aromatic carbocycles. The van der Waals surface area contributed by atoms with Gasteiger partial charge in [0.15, 0.2) is 10.3 Å². The summed E-state index contributed by atoms with van der Waals surface area (Å²) >= 11 is 3.42. The Labute approximate surface area is 129 Å². The number of aromatic amines is 1. The molecule has 0 aliphatic rings. The molecule has 0 amide bonds. The van der Waals surface area contributed by atoms with Gasteiger partial charge in [0.05, 0.1) is 17.8 Å². The maximum absolute atomic E-state index is 11.3. The van der Waals surface area contributed by atoms with Gasteiger partial charge in [0, 0.05) is 5.56 Å². The van der Waals surface area contributed by atoms with Crippen LogP contribution in [0.4, 0.5) is 0 Å². The molecule has 21 heavy (non-hydrogen) atoms. The molecule has 2 heterocycles. The molecule has 0 saturated carbocycles. The van der Waals surface area contributed by atoms with Crippen LogP contribution in [0.3, 0.4) is 0 Å². The van der Waals surface area contributed by atoms with Crippen LogP contribution >= 0.6 is 15.9 Å². The SMILES string of the molecule is CCCNC(c1ccc2[nH]c(=O)oc2c1)c1ccoc1Br. The predicted octanol–water partition coefficient (Wildman–Crippen LogP) is 3.57. The van der Waals surface area contributed by atoms with Crippen molar-refractivity contribution in [3.63, 3.8) is 0 Å². The second kappa shape index (κ2) is 5.91. The number of fused-ring (bicyclic) bond motifs is 1. The van der Waals surface area contributed by atoms with E-state index in [1.165, 1.54) is 0 Å². The Balaban J connectivity index is 2.04. The first-order valence-electron chi connectivity index (χ1n) is 6.78. The number of halogens is 1. The van der Waals surface area contributed by atoms with Crippen molar-refractivity contribution in [3.8, 4) is 0 Å². The van der Waals surface area contributed by atoms with E-state index in [1.54, 1.807) is 6.26 Å². The van der Waals surface area contributed by atoms with Gasteiger partial charge in [-0.15, -0.1) is 0 Å². The summed E-state index contributed by atoms with van der Waals surface area (Å²) in [5.41, 5.74) is 3.28. The van der Waals surface area contributed by atoms with Crippen LogP contribution in [0.5, 0.6) is 0 Å². The molecule has 0 radical (unpaired) electrons. The quantitative estimate of drug-likeness (QED) is 0.737. The highest BCUT2D eigenvalue weighted by atomic mass is 79.9. The lowest BCUT2D eigenvalue weighted by molar-refractivity contribution is 0.523. The highest BCUT2D eigenvalue weighted by molar-refractivity contribution is 9.10. The molecular weight excluding hydrogens is 336 g/mol. The summed E-state index contributed by atoms with van der Waals surface area (Å²) in [5.74, 6) is -0.440. The molecule has 3 rings (SSSR count). The van der Waals surface area contributed by atoms with Gasteiger partial charge in [0.1, 0.15) is 0 Å². The number of hydrogen-bond acceptors (Lipinski definition) is 4. The highest BCUT2D eigenvalue weighted by Crippen LogP contribution is 2.30. The Kier molecular flexibility index (Phi) is 3.98. The highest BCUT2D eigenvalue weighted by Gasteiger charge is 2.19. The lowest BCUT2D eigenvalue weighted by Crippen LogP contribution is -2.23. The third-order valence-corrected chi connectivity index (χ3v) is 3.98. The van der Waals surface area contributed by atoms with Crippen LogP contribution in [0.15, 0.2) is 48.8 Å². The summed E-state index contributed by atoms with van der Waals surface area (Å²) in [6.07, 6.45) is 2.67. The average Bonchev–Trinajstić information content (AvgIpc) is 3.04. The Morgan fingerprint density at radius 1 is 1.38 bits per heavy atom. The smallest absolute Gasteiger partial charge is 0.417 e. The summed E-state index contributed by atoms with van der Waals surface area (Å²) in [7, 11) is 0. The number of aromatic nitrogens is 1. The monoisotopic (exact) mass is 350 g/mol. The number of furan rings is 1. The number of benzene rings is 1. The zero-order chi connectivity index (χ0) is 14.8. The van der Waals surface area contributed by atoms with E-state index >= 15 is 0 Å². The zero-order valence-electron chi connectivity index (χ0n) is 11.5. The van der Waals surface area contributed by atoms with Crippen molar-refractivity contribution >= 4 is 27.0 Å². The molecule has 0 fully saturated rings. The first-order chi connectivity index (χ1) is 10.2. The molecule has 2 aromatic heterocycles. The third kappa shape index (κ3) is 2.82. The number of oxazole rings is 1. The Morgan fingerprint density at radius 3 is 2.95 bits per heavy atom. The van der Waals surface area contributed by atoms with Crippen LogP contribution in [0, 0.1) is 0 Å². The van der Waals surface area contributed by atoms with Gasteiger partial charge >= 0.3 is 5.76 Å². The molecule has 1 atom stereocenters. The molecular formula is C15H15BrN2O3. The number of H-pyrrole nitrogens is 1. The van der Waals surface area contributed by atoms with E-state index in [0.29, 0.717) is 15.8 Å². The minimum atomic E-state index is -0.440. The zero-order valence-corrected chi connectivity index (χ0v) is 13.1. The van der Waals surface area contributed by atoms with Crippen molar-refractivity contribution in [2.75, 3.05) is 6.54 Å². The van der Waals surface area contributed by atoms with Gasteiger partial charge in [0.25, 0.3) is 0 Å². The largest absolute Gasteiger partial charge is 0.457 e. The van der Waals surface area contributed by atoms with E-state index in [9.17, 15) is 4.79 Å². The van der Waals surface area contributed by atoms with Crippen molar-refractivity contribution in [1.82, 2.24) is 10.3 Å². The van der Waals surface area contributed by atoms with E-state index in [4.69, 9.17) is 8.83 Å². The van der Waals surface area contributed by atoms with Crippen LogP contribution in [-0.4, -0.2) is 11.5 Å². The minimum Gasteiger partial charge on any atom is -0.457 e. The number of rotatable bonds is 5. The normalized spacial score (nSPS) is 12.9. The Morgan fingerprint density at radius 2 is 2.24 bits per heavy atom. The van der Waals surface area contributed by atoms with Crippen molar-refractivity contribution in [1.29, 1.82) is 0 Å². The molecule has 2 N–H and O–H groups in total. The minimum absolute atomic E-state index is 0.0253. The van der Waals surface area contributed by atoms with Gasteiger partial charge in [0.2, 0.25) is 0 Å². The lowest BCUT2D eigenvalue weighted by Gasteiger charge is -2.18. The maximum Gasteiger partial charge on any atom is 0.417 e. The molecule has 1 unspecified atom stereocenters. The second-order valence-electron chi connectivity index (χ2n) is 4.81. The fourth-order valence-electron chi connectivity index (χ4n) is 2.35. The van der Waals surface area contributed by atoms with Gasteiger partial charge < -0.3 is 14.2 Å². The van der Waals surface area contributed by atoms with Crippen LogP contribution in [0.2, 0.25) is 0 Å². The van der Waals surface area contributed by atoms with Crippen molar-refractivity contribution in [2.24, 2.45) is 0 Å². The van der Waals surface area contributed by atoms with Crippen molar-refractivity contribution < 1.29 is 8.83 Å². The predicted molar refractivity (Wildman–Crippen MR) is 83.4 cm³/mol. The molecule has 3 aromatic rings. The fourth-order valence-corrected chi connectivity index (χ4v) is 2.82. The van der Waals surface area contributed by atoms with E-state index in [1.807, 2.05) is 24.3 Å². The topological polar surface area (TPSA) is 71.2 Å². The third-order valence-electron chi connectivity index (χ3n) is 3.33. The van der Waals surface area contributed by atoms with Gasteiger partial charge in [-0.25, -0.2) is 4.79 Å². The Hall–Kier alpha value is -1.79. The lowest BCUT2D eigenvalue weighted by atomic mass is 10.0. The van der Waals surface area contributed by atoms with E-state index < -0.39 is 5.76 Å². The second-order valence-corrected chi connectivity index (χ2v) is 5.53. The van der Waals surface area contributed by atoms with Gasteiger partial charge in [-0.3, -0.25) is 4.98 Å². The molecule has 0 bridgehead atoms. The van der Waals surface area contributed by atoms with Gasteiger partial charge in [-0.05, 0) is 52.7 Å². The summed E-state index contributed by atoms with van der Waals surface area (Å²) in [6, 6.07) is 7.60. The van der Waals surface area contributed by atoms with Crippen molar-refractivity contribution in [3.05, 3.63) is 56.9 Å². The molecule has 5 nitrogen and oxygen atoms in total. The average molecular weight is 351 g/mol. The van der Waals surface area contributed by atoms with E-state index in [2.05, 4.69) is 33.2 Å². The van der Waals surface area contributed by atoms with Crippen LogP contribution in [0.25, 0.3) is 11.1 Å². The molecule has 0 aliphatic heterocycles. The molecule has 0 spiro atoms. The van der Waals surface area contributed by atoms with Crippen LogP contribution in [0.1, 0.15) is 30.5 Å². The first kappa shape index (κ1) is 14.2. The number of nitrogens with one attached hydrogen (secondary N) is 2. The number of hydrogen-bond donors (Lipinski definition) is 2. The fraction of sp³-hybridized carbons (Fsp3) is 0.267. The standard InChI is InChI=1S/C15H15BrN2O3/c1-2-6-17-13(10-5-7-20-14(10)16)9-3-4-11-12(8-9)21-15(19)18-11/h3-5,7-8,13,17H,2,6H2,1H3,(H,18,19). The maximum atomic E-state index is 11.3. The first-order valence-corrected chi connectivity index (χ1v) is 7.57. The van der Waals surface area contributed by atoms with E-state index in [-0.39, 0.29) is 6.04 Å². The molecule has 6 heteroatoms. The summed E-state index contributed by atoms with van der Waals surface area (Å²) < 4.78 is 11.2. The summed E-state index contributed by atoms with van der Waals surface area (Å²) in [6.45, 7) is 2.99. The van der Waals surface area contributed by atoms with Crippen LogP contribution < -0.4 is 11.1 Å². The van der Waals surface area contributed by atoms with Crippen molar-refractivity contribution in [2.45, 2.75) is 19.4 Å². The molecule has 0 aliphatic carbocycles. The van der Waals surface area contributed by atoms with E-state index in [0.717, 1.165) is 24.1 Å². The summed E-state index contributed by atoms with van der Waals surface area (Å²) in [4.78, 5) is 13.9. The summed E-state index contributed by atoms with van der Waals surface area (Å²) in [5, 5.41) is 3.48. The van der Waals surface area contributed by atoms with Crippen LogP contribution in [-0.2, 0) is 0 Å². The molecule has 0 saturated heterocycles. The Bertz CT molecular complexity index is 802. The molecule has 110 valence electrons. The van der Waals surface area contributed by atoms with Gasteiger partial charge in [-0.2, -0.15) is 0 Å².